The highest BCUT2D eigenvalue weighted by atomic mass is 16.5. The van der Waals surface area contributed by atoms with E-state index in [1.165, 1.54) is 44.9 Å². The number of hydrogen-bond acceptors (Lipinski definition) is 6. The van der Waals surface area contributed by atoms with Gasteiger partial charge in [0.25, 0.3) is 0 Å². The first-order valence-corrected chi connectivity index (χ1v) is 12.8. The molecule has 0 radical (unpaired) electrons. The minimum Gasteiger partial charge on any atom is -0.394 e. The standard InChI is InChI=1S/C25H46O6/c1-3-5-7-9-11-13-18-15-20(27)19(14-17(18)12-10-8-6-4-2)25-24(30)23(29)22(28)21(16-26)31-25/h17-19,21-26,28-30H,3-16H2,1-2H3. The van der Waals surface area contributed by atoms with Crippen LogP contribution in [0.3, 0.4) is 0 Å². The minimum absolute atomic E-state index is 0.0905. The summed E-state index contributed by atoms with van der Waals surface area (Å²) in [6, 6.07) is 0. The zero-order chi connectivity index (χ0) is 22.8. The molecule has 8 unspecified atom stereocenters. The first-order chi connectivity index (χ1) is 14.9. The molecule has 8 atom stereocenters. The molecule has 0 aromatic heterocycles. The second-order valence-corrected chi connectivity index (χ2v) is 9.88. The van der Waals surface area contributed by atoms with Gasteiger partial charge in [-0.25, -0.2) is 0 Å². The van der Waals surface area contributed by atoms with Crippen molar-refractivity contribution in [2.45, 2.75) is 128 Å². The van der Waals surface area contributed by atoms with E-state index in [0.717, 1.165) is 25.7 Å². The predicted octanol–water partition coefficient (Wildman–Crippen LogP) is 3.37. The van der Waals surface area contributed by atoms with Gasteiger partial charge in [-0.15, -0.1) is 0 Å². The number of unbranched alkanes of at least 4 members (excludes halogenated alkanes) is 7. The third-order valence-corrected chi connectivity index (χ3v) is 7.53. The summed E-state index contributed by atoms with van der Waals surface area (Å²) in [6.07, 6.45) is 8.30. The van der Waals surface area contributed by atoms with Gasteiger partial charge in [-0.1, -0.05) is 78.1 Å². The molecule has 2 aliphatic rings. The number of ketones is 1. The molecule has 1 saturated carbocycles. The number of ether oxygens (including phenoxy) is 1. The lowest BCUT2D eigenvalue weighted by atomic mass is 9.67. The Morgan fingerprint density at radius 1 is 0.806 bits per heavy atom. The minimum atomic E-state index is -1.41. The Morgan fingerprint density at radius 2 is 1.39 bits per heavy atom. The van der Waals surface area contributed by atoms with Gasteiger partial charge < -0.3 is 25.2 Å². The van der Waals surface area contributed by atoms with Crippen LogP contribution in [0, 0.1) is 17.8 Å². The first-order valence-electron chi connectivity index (χ1n) is 12.8. The fraction of sp³-hybridized carbons (Fsp3) is 0.960. The van der Waals surface area contributed by atoms with Gasteiger partial charge in [-0.2, -0.15) is 0 Å². The number of hydrogen-bond donors (Lipinski definition) is 4. The Kier molecular flexibility index (Phi) is 12.0. The van der Waals surface area contributed by atoms with Gasteiger partial charge in [0.2, 0.25) is 0 Å². The summed E-state index contributed by atoms with van der Waals surface area (Å²) >= 11 is 0. The van der Waals surface area contributed by atoms with Crippen molar-refractivity contribution in [2.24, 2.45) is 17.8 Å². The van der Waals surface area contributed by atoms with E-state index in [0.29, 0.717) is 24.7 Å². The predicted molar refractivity (Wildman–Crippen MR) is 121 cm³/mol. The second kappa shape index (κ2) is 13.9. The van der Waals surface area contributed by atoms with Crippen molar-refractivity contribution < 1.29 is 30.0 Å². The molecule has 1 aliphatic heterocycles. The van der Waals surface area contributed by atoms with Gasteiger partial charge >= 0.3 is 0 Å². The maximum Gasteiger partial charge on any atom is 0.138 e. The fourth-order valence-electron chi connectivity index (χ4n) is 5.54. The van der Waals surface area contributed by atoms with E-state index in [-0.39, 0.29) is 5.78 Å². The summed E-state index contributed by atoms with van der Waals surface area (Å²) in [5, 5.41) is 40.3. The van der Waals surface area contributed by atoms with Crippen LogP contribution in [0.5, 0.6) is 0 Å². The molecule has 182 valence electrons. The fourth-order valence-corrected chi connectivity index (χ4v) is 5.54. The SMILES string of the molecule is CCCCCCCC1CC(=O)C(C2OC(CO)C(O)C(O)C2O)CC1CCCCCC. The van der Waals surface area contributed by atoms with Crippen LogP contribution in [-0.2, 0) is 9.53 Å². The number of aliphatic hydroxyl groups excluding tert-OH is 4. The smallest absolute Gasteiger partial charge is 0.138 e. The van der Waals surface area contributed by atoms with Crippen molar-refractivity contribution >= 4 is 5.78 Å². The molecule has 1 heterocycles. The van der Waals surface area contributed by atoms with Crippen molar-refractivity contribution in [3.8, 4) is 0 Å². The van der Waals surface area contributed by atoms with E-state index < -0.39 is 43.0 Å². The van der Waals surface area contributed by atoms with E-state index in [1.807, 2.05) is 0 Å². The lowest BCUT2D eigenvalue weighted by Gasteiger charge is -2.46. The second-order valence-electron chi connectivity index (χ2n) is 9.88. The zero-order valence-corrected chi connectivity index (χ0v) is 19.6. The number of Topliss-reactive ketones (excluding diaryl/α,β-unsaturated/α-hetero) is 1. The number of carbonyl (C=O) groups is 1. The summed E-state index contributed by atoms with van der Waals surface area (Å²) in [5.41, 5.74) is 0. The van der Waals surface area contributed by atoms with Crippen molar-refractivity contribution in [1.82, 2.24) is 0 Å². The van der Waals surface area contributed by atoms with Crippen LogP contribution in [-0.4, -0.2) is 63.3 Å². The van der Waals surface area contributed by atoms with E-state index in [2.05, 4.69) is 13.8 Å². The monoisotopic (exact) mass is 442 g/mol. The van der Waals surface area contributed by atoms with Crippen molar-refractivity contribution in [2.75, 3.05) is 6.61 Å². The van der Waals surface area contributed by atoms with E-state index in [9.17, 15) is 25.2 Å². The van der Waals surface area contributed by atoms with Crippen molar-refractivity contribution in [1.29, 1.82) is 0 Å². The molecule has 0 aromatic rings. The third-order valence-electron chi connectivity index (χ3n) is 7.53. The van der Waals surface area contributed by atoms with Gasteiger partial charge in [0.15, 0.2) is 0 Å². The van der Waals surface area contributed by atoms with Crippen LogP contribution in [0.2, 0.25) is 0 Å². The van der Waals surface area contributed by atoms with Gasteiger partial charge in [0.1, 0.15) is 30.2 Å². The molecular weight excluding hydrogens is 396 g/mol. The van der Waals surface area contributed by atoms with Gasteiger partial charge in [0, 0.05) is 12.3 Å². The topological polar surface area (TPSA) is 107 Å². The lowest BCUT2D eigenvalue weighted by Crippen LogP contribution is -2.61. The normalized spacial score (nSPS) is 36.6. The maximum absolute atomic E-state index is 13.1. The van der Waals surface area contributed by atoms with Gasteiger partial charge in [-0.05, 0) is 24.7 Å². The lowest BCUT2D eigenvalue weighted by molar-refractivity contribution is -0.242. The molecule has 0 spiro atoms. The molecule has 6 heteroatoms. The van der Waals surface area contributed by atoms with Crippen LogP contribution in [0.25, 0.3) is 0 Å². The van der Waals surface area contributed by atoms with E-state index in [4.69, 9.17) is 4.74 Å². The van der Waals surface area contributed by atoms with Crippen LogP contribution in [0.4, 0.5) is 0 Å². The first kappa shape index (κ1) is 26.7. The number of carbonyl (C=O) groups excluding carboxylic acids is 1. The molecule has 2 fully saturated rings. The average molecular weight is 443 g/mol. The molecule has 0 bridgehead atoms. The molecule has 0 amide bonds. The Morgan fingerprint density at radius 3 is 2.00 bits per heavy atom. The highest BCUT2D eigenvalue weighted by Gasteiger charge is 2.50. The summed E-state index contributed by atoms with van der Waals surface area (Å²) < 4.78 is 5.76. The molecule has 4 N–H and O–H groups in total. The summed E-state index contributed by atoms with van der Waals surface area (Å²) in [6.45, 7) is 3.96. The maximum atomic E-state index is 13.1. The van der Waals surface area contributed by atoms with E-state index in [1.54, 1.807) is 0 Å². The Bertz CT molecular complexity index is 510. The van der Waals surface area contributed by atoms with Crippen LogP contribution >= 0.6 is 0 Å². The molecule has 0 aromatic carbocycles. The molecular formula is C25H46O6. The number of aliphatic hydroxyl groups is 4. The summed E-state index contributed by atoms with van der Waals surface area (Å²) in [7, 11) is 0. The number of rotatable bonds is 13. The van der Waals surface area contributed by atoms with E-state index >= 15 is 0 Å². The van der Waals surface area contributed by atoms with Crippen LogP contribution in [0.15, 0.2) is 0 Å². The third kappa shape index (κ3) is 7.50. The zero-order valence-electron chi connectivity index (χ0n) is 19.6. The Labute approximate surface area is 188 Å². The molecule has 2 rings (SSSR count). The summed E-state index contributed by atoms with van der Waals surface area (Å²) in [5.74, 6) is 0.404. The molecule has 1 aliphatic carbocycles. The van der Waals surface area contributed by atoms with Crippen molar-refractivity contribution in [3.63, 3.8) is 0 Å². The molecule has 1 saturated heterocycles. The largest absolute Gasteiger partial charge is 0.394 e. The highest BCUT2D eigenvalue weighted by Crippen LogP contribution is 2.42. The van der Waals surface area contributed by atoms with Gasteiger partial charge in [-0.3, -0.25) is 4.79 Å². The Hall–Kier alpha value is -0.530. The summed E-state index contributed by atoms with van der Waals surface area (Å²) in [4.78, 5) is 13.1. The highest BCUT2D eigenvalue weighted by molar-refractivity contribution is 5.82. The quantitative estimate of drug-likeness (QED) is 0.326. The van der Waals surface area contributed by atoms with Crippen molar-refractivity contribution in [3.05, 3.63) is 0 Å². The van der Waals surface area contributed by atoms with Crippen LogP contribution < -0.4 is 0 Å². The average Bonchev–Trinajstić information content (AvgIpc) is 2.76. The van der Waals surface area contributed by atoms with Crippen LogP contribution in [0.1, 0.15) is 97.3 Å². The molecule has 6 nitrogen and oxygen atoms in total. The molecule has 31 heavy (non-hydrogen) atoms. The van der Waals surface area contributed by atoms with Gasteiger partial charge in [0.05, 0.1) is 12.7 Å². The Balaban J connectivity index is 2.04.